The number of benzene rings is 2. The molecular formula is C25H27N3O4. The van der Waals surface area contributed by atoms with Gasteiger partial charge in [0.1, 0.15) is 5.75 Å². The standard InChI is InChI=1S/C25H27N3O4/c1-24(2)20-12-16-17(5-4-6-19(16)29)25(24,3)9-10-28(20)23(32)14-7-8-15-18(11-14)27-21(30)13-26-22(15)31/h4-8,11,20,29H,9-10,12-13H2,1-3H3,(H,26,31)(H,27,30). The lowest BCUT2D eigenvalue weighted by Gasteiger charge is -2.60. The molecule has 0 aromatic heterocycles. The van der Waals surface area contributed by atoms with Gasteiger partial charge in [-0.1, -0.05) is 32.9 Å². The van der Waals surface area contributed by atoms with E-state index in [-0.39, 0.29) is 46.9 Å². The van der Waals surface area contributed by atoms with Crippen LogP contribution in [-0.4, -0.2) is 46.9 Å². The Balaban J connectivity index is 1.53. The van der Waals surface area contributed by atoms with Crippen LogP contribution in [0.25, 0.3) is 0 Å². The van der Waals surface area contributed by atoms with E-state index < -0.39 is 0 Å². The second-order valence-corrected chi connectivity index (χ2v) is 9.82. The van der Waals surface area contributed by atoms with Crippen LogP contribution in [0.3, 0.4) is 0 Å². The molecule has 5 rings (SSSR count). The van der Waals surface area contributed by atoms with Gasteiger partial charge in [-0.2, -0.15) is 0 Å². The van der Waals surface area contributed by atoms with Gasteiger partial charge in [0, 0.05) is 23.6 Å². The molecule has 2 aliphatic heterocycles. The van der Waals surface area contributed by atoms with Gasteiger partial charge in [-0.05, 0) is 53.6 Å². The Labute approximate surface area is 186 Å². The molecule has 7 heteroatoms. The first-order chi connectivity index (χ1) is 15.1. The lowest BCUT2D eigenvalue weighted by molar-refractivity contribution is -0.115. The van der Waals surface area contributed by atoms with E-state index in [9.17, 15) is 19.5 Å². The van der Waals surface area contributed by atoms with Gasteiger partial charge >= 0.3 is 0 Å². The topological polar surface area (TPSA) is 98.7 Å². The van der Waals surface area contributed by atoms with E-state index in [4.69, 9.17) is 0 Å². The minimum Gasteiger partial charge on any atom is -0.508 e. The molecule has 166 valence electrons. The Bertz CT molecular complexity index is 1170. The summed E-state index contributed by atoms with van der Waals surface area (Å²) in [5.74, 6) is -0.518. The maximum absolute atomic E-state index is 13.7. The number of carbonyl (C=O) groups is 3. The van der Waals surface area contributed by atoms with Crippen molar-refractivity contribution in [3.63, 3.8) is 0 Å². The minimum atomic E-state index is -0.341. The fourth-order valence-corrected chi connectivity index (χ4v) is 5.76. The van der Waals surface area contributed by atoms with Gasteiger partial charge in [0.25, 0.3) is 11.8 Å². The Kier molecular flexibility index (Phi) is 4.38. The van der Waals surface area contributed by atoms with Crippen molar-refractivity contribution in [2.45, 2.75) is 45.1 Å². The van der Waals surface area contributed by atoms with Gasteiger partial charge in [0.05, 0.1) is 17.8 Å². The molecule has 1 fully saturated rings. The largest absolute Gasteiger partial charge is 0.508 e. The summed E-state index contributed by atoms with van der Waals surface area (Å²) >= 11 is 0. The van der Waals surface area contributed by atoms with E-state index in [1.54, 1.807) is 24.3 Å². The van der Waals surface area contributed by atoms with Crippen molar-refractivity contribution in [1.29, 1.82) is 0 Å². The molecule has 3 amide bonds. The smallest absolute Gasteiger partial charge is 0.254 e. The summed E-state index contributed by atoms with van der Waals surface area (Å²) in [6, 6.07) is 10.4. The molecule has 2 unspecified atom stereocenters. The highest BCUT2D eigenvalue weighted by atomic mass is 16.3. The first-order valence-corrected chi connectivity index (χ1v) is 11.0. The Morgan fingerprint density at radius 1 is 1.16 bits per heavy atom. The first kappa shape index (κ1) is 20.5. The molecule has 7 nitrogen and oxygen atoms in total. The number of rotatable bonds is 1. The summed E-state index contributed by atoms with van der Waals surface area (Å²) < 4.78 is 0. The average molecular weight is 434 g/mol. The fourth-order valence-electron chi connectivity index (χ4n) is 5.76. The highest BCUT2D eigenvalue weighted by Crippen LogP contribution is 2.57. The summed E-state index contributed by atoms with van der Waals surface area (Å²) in [6.07, 6.45) is 1.36. The minimum absolute atomic E-state index is 0.0914. The van der Waals surface area contributed by atoms with E-state index >= 15 is 0 Å². The van der Waals surface area contributed by atoms with Crippen molar-refractivity contribution < 1.29 is 19.5 Å². The molecule has 2 atom stereocenters. The van der Waals surface area contributed by atoms with Crippen molar-refractivity contribution in [2.24, 2.45) is 5.41 Å². The SMILES string of the molecule is CC12CCN(C(=O)c3ccc4c(c3)NC(=O)CNC4=O)C(Cc3c(O)cccc31)C2(C)C. The molecule has 1 saturated heterocycles. The molecule has 2 heterocycles. The quantitative estimate of drug-likeness (QED) is 0.644. The zero-order valence-electron chi connectivity index (χ0n) is 18.5. The number of aromatic hydroxyl groups is 1. The third-order valence-electron chi connectivity index (χ3n) is 8.08. The number of phenols is 1. The third-order valence-corrected chi connectivity index (χ3v) is 8.08. The second-order valence-electron chi connectivity index (χ2n) is 9.82. The van der Waals surface area contributed by atoms with Crippen molar-refractivity contribution in [3.05, 3.63) is 58.7 Å². The second kappa shape index (κ2) is 6.82. The molecule has 0 radical (unpaired) electrons. The predicted octanol–water partition coefficient (Wildman–Crippen LogP) is 2.83. The normalized spacial score (nSPS) is 25.7. The van der Waals surface area contributed by atoms with E-state index in [0.717, 1.165) is 12.0 Å². The number of fused-ring (bicyclic) bond motifs is 5. The molecule has 0 saturated carbocycles. The van der Waals surface area contributed by atoms with Gasteiger partial charge in [-0.25, -0.2) is 0 Å². The molecule has 2 aromatic rings. The number of likely N-dealkylation sites (tertiary alicyclic amines) is 1. The van der Waals surface area contributed by atoms with Crippen molar-refractivity contribution in [2.75, 3.05) is 18.4 Å². The lowest BCUT2D eigenvalue weighted by Crippen LogP contribution is -2.64. The number of carbonyl (C=O) groups excluding carboxylic acids is 3. The van der Waals surface area contributed by atoms with E-state index in [0.29, 0.717) is 29.8 Å². The van der Waals surface area contributed by atoms with Gasteiger partial charge in [0.2, 0.25) is 5.91 Å². The van der Waals surface area contributed by atoms with Gasteiger partial charge in [-0.15, -0.1) is 0 Å². The molecule has 0 spiro atoms. The third kappa shape index (κ3) is 2.76. The predicted molar refractivity (Wildman–Crippen MR) is 120 cm³/mol. The first-order valence-electron chi connectivity index (χ1n) is 11.0. The number of hydrogen-bond acceptors (Lipinski definition) is 4. The van der Waals surface area contributed by atoms with Gasteiger partial charge in [0.15, 0.2) is 0 Å². The number of nitrogens with one attached hydrogen (secondary N) is 2. The van der Waals surface area contributed by atoms with E-state index in [2.05, 4.69) is 37.5 Å². The van der Waals surface area contributed by atoms with E-state index in [1.807, 2.05) is 11.0 Å². The van der Waals surface area contributed by atoms with Crippen LogP contribution in [0.2, 0.25) is 0 Å². The molecule has 1 aliphatic carbocycles. The Morgan fingerprint density at radius 2 is 1.94 bits per heavy atom. The number of hydrogen-bond donors (Lipinski definition) is 3. The maximum Gasteiger partial charge on any atom is 0.254 e. The van der Waals surface area contributed by atoms with Crippen molar-refractivity contribution in [1.82, 2.24) is 10.2 Å². The van der Waals surface area contributed by atoms with Crippen LogP contribution in [-0.2, 0) is 16.6 Å². The summed E-state index contributed by atoms with van der Waals surface area (Å²) in [5, 5.41) is 15.8. The van der Waals surface area contributed by atoms with Crippen LogP contribution in [0.1, 0.15) is 59.0 Å². The summed E-state index contributed by atoms with van der Waals surface area (Å²) in [7, 11) is 0. The van der Waals surface area contributed by atoms with Crippen LogP contribution in [0.15, 0.2) is 36.4 Å². The highest BCUT2D eigenvalue weighted by Gasteiger charge is 2.57. The molecule has 32 heavy (non-hydrogen) atoms. The zero-order chi connectivity index (χ0) is 22.8. The number of amides is 3. The van der Waals surface area contributed by atoms with Gasteiger partial charge in [-0.3, -0.25) is 14.4 Å². The Hall–Kier alpha value is -3.35. The van der Waals surface area contributed by atoms with Crippen LogP contribution in [0.4, 0.5) is 5.69 Å². The zero-order valence-corrected chi connectivity index (χ0v) is 18.5. The van der Waals surface area contributed by atoms with Crippen molar-refractivity contribution >= 4 is 23.4 Å². The monoisotopic (exact) mass is 433 g/mol. The van der Waals surface area contributed by atoms with E-state index in [1.165, 1.54) is 5.56 Å². The molecule has 3 aliphatic rings. The average Bonchev–Trinajstić information content (AvgIpc) is 2.88. The van der Waals surface area contributed by atoms with Crippen LogP contribution in [0, 0.1) is 5.41 Å². The summed E-state index contributed by atoms with van der Waals surface area (Å²) in [5.41, 5.74) is 2.84. The number of nitrogens with zero attached hydrogens (tertiary/aromatic N) is 1. The van der Waals surface area contributed by atoms with Crippen LogP contribution < -0.4 is 10.6 Å². The summed E-state index contributed by atoms with van der Waals surface area (Å²) in [4.78, 5) is 39.7. The van der Waals surface area contributed by atoms with Crippen molar-refractivity contribution in [3.8, 4) is 5.75 Å². The fraction of sp³-hybridized carbons (Fsp3) is 0.400. The molecule has 2 bridgehead atoms. The number of anilines is 1. The van der Waals surface area contributed by atoms with Crippen LogP contribution in [0.5, 0.6) is 5.75 Å². The Morgan fingerprint density at radius 3 is 2.72 bits per heavy atom. The number of piperidine rings is 1. The highest BCUT2D eigenvalue weighted by molar-refractivity contribution is 6.10. The maximum atomic E-state index is 13.7. The van der Waals surface area contributed by atoms with Crippen LogP contribution >= 0.6 is 0 Å². The molecular weight excluding hydrogens is 406 g/mol. The lowest BCUT2D eigenvalue weighted by atomic mass is 9.51. The molecule has 3 N–H and O–H groups in total. The molecule has 2 aromatic carbocycles. The summed E-state index contributed by atoms with van der Waals surface area (Å²) in [6.45, 7) is 7.14. The number of phenolic OH excluding ortho intramolecular Hbond substituents is 1. The van der Waals surface area contributed by atoms with Gasteiger partial charge < -0.3 is 20.6 Å².